The minimum atomic E-state index is -0.196. The Morgan fingerprint density at radius 2 is 1.83 bits per heavy atom. The van der Waals surface area contributed by atoms with Crippen molar-refractivity contribution in [1.82, 2.24) is 5.43 Å². The van der Waals surface area contributed by atoms with Gasteiger partial charge < -0.3 is 5.73 Å². The molecule has 0 spiro atoms. The molecule has 0 bridgehead atoms. The smallest absolute Gasteiger partial charge is 0.243 e. The van der Waals surface area contributed by atoms with Crippen molar-refractivity contribution >= 4 is 40.5 Å². The van der Waals surface area contributed by atoms with Crippen LogP contribution >= 0.6 is 23.8 Å². The molecule has 0 aliphatic rings. The van der Waals surface area contributed by atoms with Gasteiger partial charge in [-0.05, 0) is 67.9 Å². The summed E-state index contributed by atoms with van der Waals surface area (Å²) in [5, 5.41) is 1.94. The number of amides is 1. The summed E-state index contributed by atoms with van der Waals surface area (Å²) in [4.78, 5) is 12.5. The lowest BCUT2D eigenvalue weighted by Gasteiger charge is -2.24. The molecule has 3 N–H and O–H groups in total. The zero-order valence-corrected chi connectivity index (χ0v) is 15.5. The number of halogens is 1. The van der Waals surface area contributed by atoms with E-state index in [-0.39, 0.29) is 17.4 Å². The number of nitrogens with two attached hydrogens (primary N) is 1. The van der Waals surface area contributed by atoms with Crippen molar-refractivity contribution < 1.29 is 4.79 Å². The Morgan fingerprint density at radius 1 is 1.21 bits per heavy atom. The number of hydrogen-bond donors (Lipinski definition) is 2. The van der Waals surface area contributed by atoms with Crippen LogP contribution in [0.3, 0.4) is 0 Å². The molecule has 6 heteroatoms. The summed E-state index contributed by atoms with van der Waals surface area (Å²) in [6, 6.07) is 11.1. The van der Waals surface area contributed by atoms with Crippen LogP contribution in [0.2, 0.25) is 5.02 Å². The van der Waals surface area contributed by atoms with Crippen LogP contribution in [0, 0.1) is 20.8 Å². The Morgan fingerprint density at radius 3 is 2.38 bits per heavy atom. The lowest BCUT2D eigenvalue weighted by Crippen LogP contribution is -2.49. The van der Waals surface area contributed by atoms with Gasteiger partial charge in [-0.15, -0.1) is 0 Å². The number of aryl methyl sites for hydroxylation is 3. The maximum absolute atomic E-state index is 12.5. The van der Waals surface area contributed by atoms with E-state index in [1.54, 1.807) is 24.3 Å². The van der Waals surface area contributed by atoms with Crippen LogP contribution in [0.4, 0.5) is 5.69 Å². The first-order chi connectivity index (χ1) is 11.3. The summed E-state index contributed by atoms with van der Waals surface area (Å²) >= 11 is 11.0. The molecule has 0 aliphatic carbocycles. The molecular formula is C18H20ClN3OS. The molecule has 4 nitrogen and oxygen atoms in total. The molecule has 0 aliphatic heterocycles. The normalized spacial score (nSPS) is 10.3. The summed E-state index contributed by atoms with van der Waals surface area (Å²) in [6.45, 7) is 6.05. The van der Waals surface area contributed by atoms with Crippen LogP contribution in [0.25, 0.3) is 0 Å². The van der Waals surface area contributed by atoms with E-state index in [9.17, 15) is 4.79 Å². The van der Waals surface area contributed by atoms with Crippen LogP contribution < -0.4 is 16.2 Å². The number of anilines is 1. The summed E-state index contributed by atoms with van der Waals surface area (Å²) in [6.07, 6.45) is 0.248. The number of nitrogens with zero attached hydrogens (tertiary/aromatic N) is 1. The van der Waals surface area contributed by atoms with Crippen molar-refractivity contribution in [2.45, 2.75) is 27.2 Å². The minimum absolute atomic E-state index is 0.0444. The number of carbonyl (C=O) groups is 1. The molecule has 0 radical (unpaired) electrons. The van der Waals surface area contributed by atoms with E-state index in [2.05, 4.69) is 17.6 Å². The third-order valence-electron chi connectivity index (χ3n) is 3.70. The lowest BCUT2D eigenvalue weighted by molar-refractivity contribution is -0.120. The topological polar surface area (TPSA) is 58.4 Å². The molecule has 2 rings (SSSR count). The Bertz CT molecular complexity index is 769. The summed E-state index contributed by atoms with van der Waals surface area (Å²) in [5.41, 5.74) is 13.5. The summed E-state index contributed by atoms with van der Waals surface area (Å²) < 4.78 is 0. The van der Waals surface area contributed by atoms with Gasteiger partial charge in [0.2, 0.25) is 5.91 Å². The van der Waals surface area contributed by atoms with E-state index in [4.69, 9.17) is 29.6 Å². The van der Waals surface area contributed by atoms with Crippen LogP contribution in [0.5, 0.6) is 0 Å². The third kappa shape index (κ3) is 4.46. The van der Waals surface area contributed by atoms with Gasteiger partial charge in [0.1, 0.15) is 0 Å². The lowest BCUT2D eigenvalue weighted by atomic mass is 9.97. The van der Waals surface area contributed by atoms with E-state index < -0.39 is 0 Å². The van der Waals surface area contributed by atoms with Crippen molar-refractivity contribution in [1.29, 1.82) is 0 Å². The molecule has 0 unspecified atom stereocenters. The molecule has 2 aromatic carbocycles. The fraction of sp³-hybridized carbons (Fsp3) is 0.222. The number of thiocarbonyl (C=S) groups is 1. The van der Waals surface area contributed by atoms with Gasteiger partial charge in [-0.25, -0.2) is 5.01 Å². The maximum atomic E-state index is 12.5. The Labute approximate surface area is 152 Å². The Hall–Kier alpha value is -2.11. The number of hydrazine groups is 1. The van der Waals surface area contributed by atoms with Crippen molar-refractivity contribution in [3.8, 4) is 0 Å². The highest BCUT2D eigenvalue weighted by molar-refractivity contribution is 7.80. The van der Waals surface area contributed by atoms with E-state index in [0.717, 1.165) is 16.7 Å². The standard InChI is InChI=1S/C18H20ClN3OS/c1-11-7-12(2)16(13(3)8-11)10-17(23)21-22(18(20)24)15-6-4-5-14(19)9-15/h4-9H,10H2,1-3H3,(H2,20,24)(H,21,23). The summed E-state index contributed by atoms with van der Waals surface area (Å²) in [7, 11) is 0. The largest absolute Gasteiger partial charge is 0.374 e. The van der Waals surface area contributed by atoms with Crippen molar-refractivity contribution in [2.75, 3.05) is 5.01 Å². The fourth-order valence-electron chi connectivity index (χ4n) is 2.68. The number of rotatable bonds is 3. The quantitative estimate of drug-likeness (QED) is 0.648. The predicted molar refractivity (Wildman–Crippen MR) is 103 cm³/mol. The summed E-state index contributed by atoms with van der Waals surface area (Å²) in [5.74, 6) is -0.196. The average molecular weight is 362 g/mol. The zero-order chi connectivity index (χ0) is 17.9. The van der Waals surface area contributed by atoms with Gasteiger partial charge in [0.25, 0.3) is 0 Å². The molecule has 1 amide bonds. The van der Waals surface area contributed by atoms with Crippen LogP contribution in [0.1, 0.15) is 22.3 Å². The minimum Gasteiger partial charge on any atom is -0.374 e. The zero-order valence-electron chi connectivity index (χ0n) is 13.9. The second-order valence-corrected chi connectivity index (χ2v) is 6.60. The van der Waals surface area contributed by atoms with E-state index in [1.807, 2.05) is 20.8 Å². The molecule has 0 fully saturated rings. The molecule has 0 heterocycles. The van der Waals surface area contributed by atoms with Crippen molar-refractivity contribution in [3.05, 3.63) is 63.7 Å². The molecule has 126 valence electrons. The highest BCUT2D eigenvalue weighted by atomic mass is 35.5. The Kier molecular flexibility index (Phi) is 5.80. The van der Waals surface area contributed by atoms with Gasteiger partial charge in [0.05, 0.1) is 12.1 Å². The average Bonchev–Trinajstić information content (AvgIpc) is 2.48. The second-order valence-electron chi connectivity index (χ2n) is 5.74. The van der Waals surface area contributed by atoms with Crippen molar-refractivity contribution in [2.24, 2.45) is 5.73 Å². The highest BCUT2D eigenvalue weighted by Crippen LogP contribution is 2.19. The molecule has 0 saturated carbocycles. The first-order valence-corrected chi connectivity index (χ1v) is 8.28. The predicted octanol–water partition coefficient (Wildman–Crippen LogP) is 3.59. The number of benzene rings is 2. The van der Waals surface area contributed by atoms with Gasteiger partial charge in [-0.1, -0.05) is 35.4 Å². The number of carbonyl (C=O) groups excluding carboxylic acids is 1. The molecule has 0 atom stereocenters. The fourth-order valence-corrected chi connectivity index (χ4v) is 3.01. The molecule has 0 saturated heterocycles. The molecule has 2 aromatic rings. The van der Waals surface area contributed by atoms with Gasteiger partial charge in [-0.2, -0.15) is 0 Å². The van der Waals surface area contributed by atoms with Crippen molar-refractivity contribution in [3.63, 3.8) is 0 Å². The third-order valence-corrected chi connectivity index (χ3v) is 4.12. The number of hydrogen-bond acceptors (Lipinski definition) is 2. The SMILES string of the molecule is Cc1cc(C)c(CC(=O)NN(C(N)=S)c2cccc(Cl)c2)c(C)c1. The molecule has 0 aromatic heterocycles. The highest BCUT2D eigenvalue weighted by Gasteiger charge is 2.15. The van der Waals surface area contributed by atoms with E-state index in [1.165, 1.54) is 10.6 Å². The van der Waals surface area contributed by atoms with Gasteiger partial charge in [0, 0.05) is 5.02 Å². The van der Waals surface area contributed by atoms with Crippen LogP contribution in [-0.4, -0.2) is 11.0 Å². The Balaban J connectivity index is 2.19. The number of nitrogens with one attached hydrogen (secondary N) is 1. The second kappa shape index (κ2) is 7.64. The van der Waals surface area contributed by atoms with Crippen LogP contribution in [0.15, 0.2) is 36.4 Å². The van der Waals surface area contributed by atoms with Gasteiger partial charge in [-0.3, -0.25) is 10.2 Å². The first kappa shape index (κ1) is 18.2. The molecule has 24 heavy (non-hydrogen) atoms. The molecular weight excluding hydrogens is 342 g/mol. The van der Waals surface area contributed by atoms with Gasteiger partial charge in [0.15, 0.2) is 5.11 Å². The monoisotopic (exact) mass is 361 g/mol. The van der Waals surface area contributed by atoms with Gasteiger partial charge >= 0.3 is 0 Å². The van der Waals surface area contributed by atoms with Crippen LogP contribution in [-0.2, 0) is 11.2 Å². The van der Waals surface area contributed by atoms with E-state index >= 15 is 0 Å². The van der Waals surface area contributed by atoms with E-state index in [0.29, 0.717) is 10.7 Å². The maximum Gasteiger partial charge on any atom is 0.243 e. The first-order valence-electron chi connectivity index (χ1n) is 7.49.